The lowest BCUT2D eigenvalue weighted by Crippen LogP contribution is -2.14. The van der Waals surface area contributed by atoms with Crippen LogP contribution >= 0.6 is 0 Å². The zero-order valence-electron chi connectivity index (χ0n) is 13.8. The van der Waals surface area contributed by atoms with Gasteiger partial charge in [-0.05, 0) is 36.5 Å². The second kappa shape index (κ2) is 15.2. The van der Waals surface area contributed by atoms with Crippen LogP contribution in [0.5, 0.6) is 0 Å². The maximum atomic E-state index is 8.88. The van der Waals surface area contributed by atoms with Crippen LogP contribution in [0.3, 0.4) is 0 Å². The van der Waals surface area contributed by atoms with Crippen molar-refractivity contribution in [3.8, 4) is 0 Å². The maximum Gasteiger partial charge on any atom is 0.0459 e. The van der Waals surface area contributed by atoms with Crippen LogP contribution in [0.15, 0.2) is 0 Å². The molecule has 0 aromatic rings. The van der Waals surface area contributed by atoms with E-state index in [-0.39, 0.29) is 26.4 Å². The van der Waals surface area contributed by atoms with Crippen LogP contribution in [0.1, 0.15) is 53.4 Å². The zero-order chi connectivity index (χ0) is 16.0. The molecule has 0 spiro atoms. The lowest BCUT2D eigenvalue weighted by atomic mass is 9.92. The molecule has 0 aromatic heterocycles. The predicted octanol–water partition coefficient (Wildman–Crippen LogP) is 2.05. The summed E-state index contributed by atoms with van der Waals surface area (Å²) in [5.41, 5.74) is 0. The number of hydrogen-bond acceptors (Lipinski definition) is 4. The molecule has 0 aromatic carbocycles. The molecule has 0 amide bonds. The van der Waals surface area contributed by atoms with Crippen molar-refractivity contribution in [2.24, 2.45) is 23.7 Å². The molecule has 124 valence electrons. The first-order chi connectivity index (χ1) is 9.48. The van der Waals surface area contributed by atoms with E-state index in [1.54, 1.807) is 0 Å². The fraction of sp³-hybridized carbons (Fsp3) is 1.00. The van der Waals surface area contributed by atoms with Crippen LogP contribution in [0.25, 0.3) is 0 Å². The summed E-state index contributed by atoms with van der Waals surface area (Å²) >= 11 is 0. The molecular weight excluding hydrogens is 256 g/mol. The first-order valence-corrected chi connectivity index (χ1v) is 7.92. The number of aliphatic hydroxyl groups excluding tert-OH is 4. The summed E-state index contributed by atoms with van der Waals surface area (Å²) in [6.07, 6.45) is 3.88. The normalized spacial score (nSPS) is 16.8. The third kappa shape index (κ3) is 12.9. The molecule has 0 radical (unpaired) electrons. The Morgan fingerprint density at radius 2 is 0.950 bits per heavy atom. The first kappa shape index (κ1) is 22.1. The molecule has 0 aliphatic heterocycles. The van der Waals surface area contributed by atoms with Crippen molar-refractivity contribution in [3.63, 3.8) is 0 Å². The van der Waals surface area contributed by atoms with Gasteiger partial charge in [0.1, 0.15) is 0 Å². The molecule has 0 saturated heterocycles. The molecule has 20 heavy (non-hydrogen) atoms. The van der Waals surface area contributed by atoms with Crippen molar-refractivity contribution in [2.75, 3.05) is 26.4 Å². The van der Waals surface area contributed by atoms with E-state index >= 15 is 0 Å². The SMILES string of the molecule is CC(CO)CC(C)CO.CCC(CO)CC(CC)CO. The molecule has 4 N–H and O–H groups in total. The van der Waals surface area contributed by atoms with Crippen molar-refractivity contribution in [2.45, 2.75) is 53.4 Å². The van der Waals surface area contributed by atoms with Gasteiger partial charge in [0.25, 0.3) is 0 Å². The smallest absolute Gasteiger partial charge is 0.0459 e. The molecule has 4 heteroatoms. The Kier molecular flexibility index (Phi) is 16.9. The fourth-order valence-corrected chi connectivity index (χ4v) is 2.05. The second-order valence-corrected chi connectivity index (χ2v) is 5.96. The minimum absolute atomic E-state index is 0.227. The summed E-state index contributed by atoms with van der Waals surface area (Å²) in [6.45, 7) is 9.07. The summed E-state index contributed by atoms with van der Waals surface area (Å²) in [6, 6.07) is 0. The Morgan fingerprint density at radius 1 is 0.600 bits per heavy atom. The van der Waals surface area contributed by atoms with Gasteiger partial charge in [0.05, 0.1) is 0 Å². The topological polar surface area (TPSA) is 80.9 Å². The molecule has 0 bridgehead atoms. The standard InChI is InChI=1S/C9H20O2.C7H16O2/c1-3-8(6-10)5-9(4-2)7-11;1-6(4-8)3-7(2)5-9/h8-11H,3-7H2,1-2H3;6-9H,3-5H2,1-2H3. The molecular formula is C16H36O4. The van der Waals surface area contributed by atoms with Crippen LogP contribution in [-0.4, -0.2) is 46.9 Å². The van der Waals surface area contributed by atoms with E-state index in [1.807, 2.05) is 13.8 Å². The number of aliphatic hydroxyl groups is 4. The Balaban J connectivity index is 0. The van der Waals surface area contributed by atoms with Crippen LogP contribution in [0.4, 0.5) is 0 Å². The highest BCUT2D eigenvalue weighted by atomic mass is 16.3. The quantitative estimate of drug-likeness (QED) is 0.497. The Hall–Kier alpha value is -0.160. The van der Waals surface area contributed by atoms with Gasteiger partial charge < -0.3 is 20.4 Å². The molecule has 4 unspecified atom stereocenters. The van der Waals surface area contributed by atoms with Gasteiger partial charge in [0.15, 0.2) is 0 Å². The van der Waals surface area contributed by atoms with Gasteiger partial charge in [-0.1, -0.05) is 40.5 Å². The summed E-state index contributed by atoms with van der Waals surface area (Å²) in [5.74, 6) is 1.42. The van der Waals surface area contributed by atoms with Gasteiger partial charge in [0.2, 0.25) is 0 Å². The fourth-order valence-electron chi connectivity index (χ4n) is 2.05. The highest BCUT2D eigenvalue weighted by Gasteiger charge is 2.11. The van der Waals surface area contributed by atoms with Gasteiger partial charge >= 0.3 is 0 Å². The summed E-state index contributed by atoms with van der Waals surface area (Å²) < 4.78 is 0. The van der Waals surface area contributed by atoms with Crippen molar-refractivity contribution < 1.29 is 20.4 Å². The Bertz CT molecular complexity index is 161. The van der Waals surface area contributed by atoms with E-state index in [4.69, 9.17) is 20.4 Å². The van der Waals surface area contributed by atoms with Crippen LogP contribution < -0.4 is 0 Å². The summed E-state index contributed by atoms with van der Waals surface area (Å²) in [4.78, 5) is 0. The first-order valence-electron chi connectivity index (χ1n) is 7.92. The van der Waals surface area contributed by atoms with Crippen LogP contribution in [0.2, 0.25) is 0 Å². The Labute approximate surface area is 124 Å². The third-order valence-corrected chi connectivity index (χ3v) is 3.77. The molecule has 4 nitrogen and oxygen atoms in total. The third-order valence-electron chi connectivity index (χ3n) is 3.77. The lowest BCUT2D eigenvalue weighted by Gasteiger charge is -2.17. The van der Waals surface area contributed by atoms with Gasteiger partial charge in [-0.2, -0.15) is 0 Å². The highest BCUT2D eigenvalue weighted by molar-refractivity contribution is 4.62. The minimum atomic E-state index is 0.227. The summed E-state index contributed by atoms with van der Waals surface area (Å²) in [7, 11) is 0. The summed E-state index contributed by atoms with van der Waals surface area (Å²) in [5, 5.41) is 35.0. The number of rotatable bonds is 10. The van der Waals surface area contributed by atoms with Gasteiger partial charge in [0, 0.05) is 26.4 Å². The van der Waals surface area contributed by atoms with E-state index in [2.05, 4.69) is 13.8 Å². The number of hydrogen-bond donors (Lipinski definition) is 4. The predicted molar refractivity (Wildman–Crippen MR) is 83.5 cm³/mol. The maximum absolute atomic E-state index is 8.88. The van der Waals surface area contributed by atoms with Gasteiger partial charge in [-0.25, -0.2) is 0 Å². The molecule has 0 saturated carbocycles. The van der Waals surface area contributed by atoms with E-state index in [1.165, 1.54) is 0 Å². The van der Waals surface area contributed by atoms with Crippen LogP contribution in [-0.2, 0) is 0 Å². The largest absolute Gasteiger partial charge is 0.396 e. The van der Waals surface area contributed by atoms with Crippen molar-refractivity contribution >= 4 is 0 Å². The van der Waals surface area contributed by atoms with Gasteiger partial charge in [-0.3, -0.25) is 0 Å². The molecule has 0 aliphatic carbocycles. The second-order valence-electron chi connectivity index (χ2n) is 5.96. The van der Waals surface area contributed by atoms with E-state index in [0.717, 1.165) is 25.7 Å². The zero-order valence-corrected chi connectivity index (χ0v) is 13.8. The molecule has 0 rings (SSSR count). The van der Waals surface area contributed by atoms with E-state index < -0.39 is 0 Å². The van der Waals surface area contributed by atoms with E-state index in [9.17, 15) is 0 Å². The molecule has 4 atom stereocenters. The molecule has 0 heterocycles. The average Bonchev–Trinajstić information content (AvgIpc) is 2.49. The average molecular weight is 292 g/mol. The van der Waals surface area contributed by atoms with Crippen molar-refractivity contribution in [3.05, 3.63) is 0 Å². The lowest BCUT2D eigenvalue weighted by molar-refractivity contribution is 0.156. The van der Waals surface area contributed by atoms with Crippen LogP contribution in [0, 0.1) is 23.7 Å². The van der Waals surface area contributed by atoms with Crippen molar-refractivity contribution in [1.29, 1.82) is 0 Å². The van der Waals surface area contributed by atoms with Crippen molar-refractivity contribution in [1.82, 2.24) is 0 Å². The van der Waals surface area contributed by atoms with Gasteiger partial charge in [-0.15, -0.1) is 0 Å². The monoisotopic (exact) mass is 292 g/mol. The molecule has 0 fully saturated rings. The molecule has 0 aliphatic rings. The Morgan fingerprint density at radius 3 is 1.15 bits per heavy atom. The van der Waals surface area contributed by atoms with E-state index in [0.29, 0.717) is 23.7 Å². The highest BCUT2D eigenvalue weighted by Crippen LogP contribution is 2.17. The minimum Gasteiger partial charge on any atom is -0.396 e.